The molecule has 1 aliphatic heterocycles. The van der Waals surface area contributed by atoms with Crippen LogP contribution in [0.4, 0.5) is 5.69 Å². The van der Waals surface area contributed by atoms with Crippen LogP contribution in [0.1, 0.15) is 37.3 Å². The molecule has 1 fully saturated rings. The summed E-state index contributed by atoms with van der Waals surface area (Å²) in [4.78, 5) is 5.02. The summed E-state index contributed by atoms with van der Waals surface area (Å²) in [5, 5.41) is 10.1. The highest BCUT2D eigenvalue weighted by Crippen LogP contribution is 2.26. The van der Waals surface area contributed by atoms with E-state index in [1.165, 1.54) is 31.5 Å². The molecule has 0 aromatic heterocycles. The van der Waals surface area contributed by atoms with Crippen molar-refractivity contribution in [3.8, 4) is 6.07 Å². The number of rotatable bonds is 7. The minimum absolute atomic E-state index is 0.582. The van der Waals surface area contributed by atoms with Crippen LogP contribution in [0.15, 0.2) is 48.5 Å². The maximum Gasteiger partial charge on any atom is 0.0998 e. The Bertz CT molecular complexity index is 828. The predicted molar refractivity (Wildman–Crippen MR) is 120 cm³/mol. The monoisotopic (exact) mass is 393 g/mol. The molecule has 3 nitrogen and oxygen atoms in total. The molecule has 0 radical (unpaired) electrons. The van der Waals surface area contributed by atoms with Crippen LogP contribution in [0.3, 0.4) is 0 Å². The molecule has 1 saturated heterocycles. The van der Waals surface area contributed by atoms with Gasteiger partial charge in [0.15, 0.2) is 0 Å². The molecule has 0 N–H and O–H groups in total. The molecular weight excluding hydrogens is 366 g/mol. The minimum atomic E-state index is 0.582. The van der Waals surface area contributed by atoms with Crippen molar-refractivity contribution in [3.63, 3.8) is 0 Å². The number of unbranched alkanes of at least 4 members (excludes halogenated alkanes) is 2. The summed E-state index contributed by atoms with van der Waals surface area (Å²) in [5.74, 6) is 0. The zero-order valence-electron chi connectivity index (χ0n) is 16.6. The van der Waals surface area contributed by atoms with Gasteiger partial charge in [-0.15, -0.1) is 0 Å². The summed E-state index contributed by atoms with van der Waals surface area (Å²) in [6.45, 7) is 7.90. The molecule has 0 spiro atoms. The number of anilines is 1. The number of piperazine rings is 1. The van der Waals surface area contributed by atoms with Crippen LogP contribution in [0.2, 0.25) is 5.02 Å². The lowest BCUT2D eigenvalue weighted by Crippen LogP contribution is -2.46. The summed E-state index contributed by atoms with van der Waals surface area (Å²) < 4.78 is 0. The molecule has 1 heterocycles. The first kappa shape index (κ1) is 20.5. The second-order valence-corrected chi connectivity index (χ2v) is 7.68. The van der Waals surface area contributed by atoms with Crippen molar-refractivity contribution >= 4 is 28.9 Å². The van der Waals surface area contributed by atoms with Crippen molar-refractivity contribution in [2.45, 2.75) is 26.2 Å². The van der Waals surface area contributed by atoms with Crippen molar-refractivity contribution in [2.75, 3.05) is 37.6 Å². The number of benzene rings is 2. The summed E-state index contributed by atoms with van der Waals surface area (Å²) in [6, 6.07) is 18.2. The SMILES string of the molecule is CCCCCN1CCN(c2ccc(/C=C(\C#N)c3ccccc3Cl)cc2)CC1. The molecular formula is C24H28ClN3. The fraction of sp³-hybridized carbons (Fsp3) is 0.375. The van der Waals surface area contributed by atoms with Gasteiger partial charge in [-0.2, -0.15) is 5.26 Å². The van der Waals surface area contributed by atoms with Gasteiger partial charge in [0, 0.05) is 42.5 Å². The van der Waals surface area contributed by atoms with Crippen molar-refractivity contribution in [1.29, 1.82) is 5.26 Å². The van der Waals surface area contributed by atoms with E-state index in [1.54, 1.807) is 0 Å². The van der Waals surface area contributed by atoms with Crippen molar-refractivity contribution in [2.24, 2.45) is 0 Å². The Kier molecular flexibility index (Phi) is 7.54. The van der Waals surface area contributed by atoms with Crippen LogP contribution in [0.5, 0.6) is 0 Å². The summed E-state index contributed by atoms with van der Waals surface area (Å²) in [6.07, 6.45) is 5.82. The molecule has 0 amide bonds. The van der Waals surface area contributed by atoms with E-state index in [-0.39, 0.29) is 0 Å². The Hall–Kier alpha value is -2.28. The third-order valence-electron chi connectivity index (χ3n) is 5.30. The average molecular weight is 394 g/mol. The molecule has 3 rings (SSSR count). The first-order chi connectivity index (χ1) is 13.7. The molecule has 2 aromatic carbocycles. The highest BCUT2D eigenvalue weighted by molar-refractivity contribution is 6.32. The largest absolute Gasteiger partial charge is 0.369 e. The van der Waals surface area contributed by atoms with Crippen molar-refractivity contribution < 1.29 is 0 Å². The van der Waals surface area contributed by atoms with E-state index in [0.717, 1.165) is 37.3 Å². The van der Waals surface area contributed by atoms with E-state index < -0.39 is 0 Å². The van der Waals surface area contributed by atoms with Crippen LogP contribution in [-0.2, 0) is 0 Å². The van der Waals surface area contributed by atoms with Crippen LogP contribution in [-0.4, -0.2) is 37.6 Å². The lowest BCUT2D eigenvalue weighted by atomic mass is 10.0. The normalized spacial score (nSPS) is 15.5. The maximum atomic E-state index is 9.54. The van der Waals surface area contributed by atoms with Gasteiger partial charge in [0.05, 0.1) is 11.6 Å². The Balaban J connectivity index is 1.63. The number of nitriles is 1. The maximum absolute atomic E-state index is 9.54. The van der Waals surface area contributed by atoms with E-state index in [2.05, 4.69) is 47.1 Å². The number of halogens is 1. The first-order valence-electron chi connectivity index (χ1n) is 10.2. The minimum Gasteiger partial charge on any atom is -0.369 e. The van der Waals surface area contributed by atoms with Gasteiger partial charge >= 0.3 is 0 Å². The molecule has 0 bridgehead atoms. The van der Waals surface area contributed by atoms with Crippen molar-refractivity contribution in [3.05, 3.63) is 64.7 Å². The van der Waals surface area contributed by atoms with E-state index in [1.807, 2.05) is 30.3 Å². The Morgan fingerprint density at radius 1 is 1.04 bits per heavy atom. The number of allylic oxidation sites excluding steroid dienone is 1. The molecule has 0 atom stereocenters. The molecule has 4 heteroatoms. The van der Waals surface area contributed by atoms with Gasteiger partial charge in [-0.3, -0.25) is 4.90 Å². The topological polar surface area (TPSA) is 30.3 Å². The van der Waals surface area contributed by atoms with Gasteiger partial charge in [-0.1, -0.05) is 61.7 Å². The molecule has 28 heavy (non-hydrogen) atoms. The molecule has 0 saturated carbocycles. The second kappa shape index (κ2) is 10.3. The smallest absolute Gasteiger partial charge is 0.0998 e. The van der Waals surface area contributed by atoms with Gasteiger partial charge in [0.1, 0.15) is 0 Å². The lowest BCUT2D eigenvalue weighted by Gasteiger charge is -2.36. The summed E-state index contributed by atoms with van der Waals surface area (Å²) in [5.41, 5.74) is 3.62. The van der Waals surface area contributed by atoms with Crippen LogP contribution < -0.4 is 4.90 Å². The number of hydrogen-bond donors (Lipinski definition) is 0. The first-order valence-corrected chi connectivity index (χ1v) is 10.5. The van der Waals surface area contributed by atoms with E-state index in [9.17, 15) is 5.26 Å². The summed E-state index contributed by atoms with van der Waals surface area (Å²) >= 11 is 6.24. The van der Waals surface area contributed by atoms with E-state index >= 15 is 0 Å². The molecule has 2 aromatic rings. The standard InChI is InChI=1S/C24H28ClN3/c1-2-3-6-13-27-14-16-28(17-15-27)22-11-9-20(10-12-22)18-21(19-26)23-7-4-5-8-24(23)25/h4-5,7-12,18H,2-3,6,13-17H2,1H3/b21-18+. The fourth-order valence-corrected chi connectivity index (χ4v) is 3.85. The average Bonchev–Trinajstić information content (AvgIpc) is 2.74. The van der Waals surface area contributed by atoms with Gasteiger partial charge in [-0.05, 0) is 42.8 Å². The third-order valence-corrected chi connectivity index (χ3v) is 5.63. The summed E-state index contributed by atoms with van der Waals surface area (Å²) in [7, 11) is 0. The van der Waals surface area contributed by atoms with E-state index in [0.29, 0.717) is 10.6 Å². The van der Waals surface area contributed by atoms with Gasteiger partial charge in [0.25, 0.3) is 0 Å². The second-order valence-electron chi connectivity index (χ2n) is 7.28. The number of nitrogens with zero attached hydrogens (tertiary/aromatic N) is 3. The highest BCUT2D eigenvalue weighted by Gasteiger charge is 2.16. The third kappa shape index (κ3) is 5.38. The van der Waals surface area contributed by atoms with Gasteiger partial charge < -0.3 is 4.90 Å². The highest BCUT2D eigenvalue weighted by atomic mass is 35.5. The number of hydrogen-bond acceptors (Lipinski definition) is 3. The molecule has 1 aliphatic rings. The van der Waals surface area contributed by atoms with Crippen LogP contribution >= 0.6 is 11.6 Å². The van der Waals surface area contributed by atoms with Gasteiger partial charge in [0.2, 0.25) is 0 Å². The van der Waals surface area contributed by atoms with Crippen LogP contribution in [0, 0.1) is 11.3 Å². The quantitative estimate of drug-likeness (QED) is 0.342. The zero-order valence-corrected chi connectivity index (χ0v) is 17.3. The van der Waals surface area contributed by atoms with E-state index in [4.69, 9.17) is 11.6 Å². The molecule has 0 aliphatic carbocycles. The predicted octanol–water partition coefficient (Wildman–Crippen LogP) is 5.72. The lowest BCUT2D eigenvalue weighted by molar-refractivity contribution is 0.252. The fourth-order valence-electron chi connectivity index (χ4n) is 3.61. The Labute approximate surface area is 173 Å². The van der Waals surface area contributed by atoms with Crippen molar-refractivity contribution in [1.82, 2.24) is 4.90 Å². The Morgan fingerprint density at radius 2 is 1.75 bits per heavy atom. The zero-order chi connectivity index (χ0) is 19.8. The van der Waals surface area contributed by atoms with Crippen LogP contribution in [0.25, 0.3) is 11.6 Å². The Morgan fingerprint density at radius 3 is 2.39 bits per heavy atom. The molecule has 0 unspecified atom stereocenters. The van der Waals surface area contributed by atoms with Gasteiger partial charge in [-0.25, -0.2) is 0 Å². The molecule has 146 valence electrons.